The zero-order chi connectivity index (χ0) is 16.9. The van der Waals surface area contributed by atoms with E-state index in [2.05, 4.69) is 5.32 Å². The maximum Gasteiger partial charge on any atom is 0.225 e. The van der Waals surface area contributed by atoms with Crippen molar-refractivity contribution in [2.75, 3.05) is 26.2 Å². The molecule has 1 saturated heterocycles. The predicted molar refractivity (Wildman–Crippen MR) is 91.7 cm³/mol. The first-order chi connectivity index (χ1) is 11.6. The number of likely N-dealkylation sites (tertiary alicyclic amines) is 1. The van der Waals surface area contributed by atoms with Gasteiger partial charge in [-0.05, 0) is 44.7 Å². The maximum atomic E-state index is 12.3. The normalized spacial score (nSPS) is 20.5. The molecule has 1 aliphatic carbocycles. The fraction of sp³-hybridized carbons (Fsp3) is 0.579. The second-order valence-electron chi connectivity index (χ2n) is 6.85. The van der Waals surface area contributed by atoms with Gasteiger partial charge in [0.2, 0.25) is 11.8 Å². The second kappa shape index (κ2) is 7.69. The molecule has 0 bridgehead atoms. The van der Waals surface area contributed by atoms with Crippen LogP contribution in [0.5, 0.6) is 5.75 Å². The highest BCUT2D eigenvalue weighted by molar-refractivity contribution is 5.83. The highest BCUT2D eigenvalue weighted by atomic mass is 16.5. The molecular formula is C19H26N2O3. The Bertz CT molecular complexity index is 581. The number of nitrogens with zero attached hydrogens (tertiary/aromatic N) is 1. The molecule has 1 atom stereocenters. The number of amides is 2. The Kier molecular flexibility index (Phi) is 5.38. The summed E-state index contributed by atoms with van der Waals surface area (Å²) < 4.78 is 5.62. The molecule has 2 fully saturated rings. The molecule has 5 heteroatoms. The zero-order valence-electron chi connectivity index (χ0n) is 14.3. The van der Waals surface area contributed by atoms with Crippen LogP contribution in [0.25, 0.3) is 0 Å². The number of ether oxygens (including phenoxy) is 1. The fourth-order valence-electron chi connectivity index (χ4n) is 3.10. The summed E-state index contributed by atoms with van der Waals surface area (Å²) in [6.07, 6.45) is 3.81. The Morgan fingerprint density at radius 3 is 2.62 bits per heavy atom. The molecule has 3 rings (SSSR count). The SMILES string of the molecule is Cc1ccc(OCCNC(=O)[C@@H]2CCCN(C(=O)C3CC3)C2)cc1. The van der Waals surface area contributed by atoms with Gasteiger partial charge in [-0.2, -0.15) is 0 Å². The lowest BCUT2D eigenvalue weighted by Crippen LogP contribution is -2.46. The third kappa shape index (κ3) is 4.49. The largest absolute Gasteiger partial charge is 0.492 e. The molecule has 5 nitrogen and oxygen atoms in total. The Hall–Kier alpha value is -2.04. The topological polar surface area (TPSA) is 58.6 Å². The molecule has 1 aliphatic heterocycles. The van der Waals surface area contributed by atoms with Gasteiger partial charge in [-0.3, -0.25) is 9.59 Å². The number of rotatable bonds is 6. The van der Waals surface area contributed by atoms with Crippen molar-refractivity contribution in [3.63, 3.8) is 0 Å². The van der Waals surface area contributed by atoms with E-state index in [0.717, 1.165) is 38.0 Å². The summed E-state index contributed by atoms with van der Waals surface area (Å²) in [6.45, 7) is 4.34. The van der Waals surface area contributed by atoms with Crippen LogP contribution in [0.2, 0.25) is 0 Å². The van der Waals surface area contributed by atoms with Crippen LogP contribution in [0.1, 0.15) is 31.2 Å². The van der Waals surface area contributed by atoms with E-state index in [1.165, 1.54) is 5.56 Å². The predicted octanol–water partition coefficient (Wildman–Crippen LogP) is 2.14. The molecule has 1 aromatic carbocycles. The van der Waals surface area contributed by atoms with Crippen LogP contribution in [-0.4, -0.2) is 43.0 Å². The molecule has 1 aromatic rings. The number of carbonyl (C=O) groups is 2. The Balaban J connectivity index is 1.38. The van der Waals surface area contributed by atoms with Crippen molar-refractivity contribution in [2.24, 2.45) is 11.8 Å². The number of benzene rings is 1. The van der Waals surface area contributed by atoms with Crippen LogP contribution < -0.4 is 10.1 Å². The minimum atomic E-state index is -0.0826. The Morgan fingerprint density at radius 1 is 1.17 bits per heavy atom. The van der Waals surface area contributed by atoms with Gasteiger partial charge in [-0.1, -0.05) is 17.7 Å². The third-order valence-electron chi connectivity index (χ3n) is 4.72. The van der Waals surface area contributed by atoms with E-state index in [1.807, 2.05) is 36.1 Å². The first kappa shape index (κ1) is 16.8. The minimum absolute atomic E-state index is 0.0378. The van der Waals surface area contributed by atoms with E-state index >= 15 is 0 Å². The number of carbonyl (C=O) groups excluding carboxylic acids is 2. The highest BCUT2D eigenvalue weighted by Crippen LogP contribution is 2.32. The fourth-order valence-corrected chi connectivity index (χ4v) is 3.10. The van der Waals surface area contributed by atoms with Gasteiger partial charge in [0.1, 0.15) is 12.4 Å². The van der Waals surface area contributed by atoms with Crippen molar-refractivity contribution in [2.45, 2.75) is 32.6 Å². The molecule has 1 saturated carbocycles. The molecular weight excluding hydrogens is 304 g/mol. The lowest BCUT2D eigenvalue weighted by Gasteiger charge is -2.32. The van der Waals surface area contributed by atoms with Gasteiger partial charge in [0.25, 0.3) is 0 Å². The van der Waals surface area contributed by atoms with Gasteiger partial charge in [-0.15, -0.1) is 0 Å². The van der Waals surface area contributed by atoms with Gasteiger partial charge < -0.3 is 15.0 Å². The summed E-state index contributed by atoms with van der Waals surface area (Å²) in [5, 5.41) is 2.94. The lowest BCUT2D eigenvalue weighted by molar-refractivity contribution is -0.136. The van der Waals surface area contributed by atoms with Gasteiger partial charge >= 0.3 is 0 Å². The van der Waals surface area contributed by atoms with Crippen molar-refractivity contribution >= 4 is 11.8 Å². The third-order valence-corrected chi connectivity index (χ3v) is 4.72. The highest BCUT2D eigenvalue weighted by Gasteiger charge is 2.36. The summed E-state index contributed by atoms with van der Waals surface area (Å²) in [5.41, 5.74) is 1.19. The van der Waals surface area contributed by atoms with Crippen LogP contribution in [0.4, 0.5) is 0 Å². The van der Waals surface area contributed by atoms with Crippen LogP contribution in [-0.2, 0) is 9.59 Å². The monoisotopic (exact) mass is 330 g/mol. The van der Waals surface area contributed by atoms with E-state index in [0.29, 0.717) is 19.7 Å². The number of hydrogen-bond donors (Lipinski definition) is 1. The quantitative estimate of drug-likeness (QED) is 0.813. The van der Waals surface area contributed by atoms with Gasteiger partial charge in [0.15, 0.2) is 0 Å². The zero-order valence-corrected chi connectivity index (χ0v) is 14.3. The second-order valence-corrected chi connectivity index (χ2v) is 6.85. The molecule has 2 aliphatic rings. The van der Waals surface area contributed by atoms with Gasteiger partial charge in [-0.25, -0.2) is 0 Å². The molecule has 24 heavy (non-hydrogen) atoms. The van der Waals surface area contributed by atoms with Gasteiger partial charge in [0, 0.05) is 19.0 Å². The summed E-state index contributed by atoms with van der Waals surface area (Å²) >= 11 is 0. The van der Waals surface area contributed by atoms with E-state index in [-0.39, 0.29) is 23.7 Å². The Morgan fingerprint density at radius 2 is 1.92 bits per heavy atom. The number of piperidine rings is 1. The molecule has 2 amide bonds. The Labute approximate surface area is 143 Å². The summed E-state index contributed by atoms with van der Waals surface area (Å²) in [7, 11) is 0. The first-order valence-electron chi connectivity index (χ1n) is 8.89. The number of nitrogens with one attached hydrogen (secondary N) is 1. The maximum absolute atomic E-state index is 12.3. The summed E-state index contributed by atoms with van der Waals surface area (Å²) in [4.78, 5) is 26.3. The van der Waals surface area contributed by atoms with Crippen LogP contribution >= 0.6 is 0 Å². The van der Waals surface area contributed by atoms with Crippen LogP contribution in [0.3, 0.4) is 0 Å². The average Bonchev–Trinajstić information content (AvgIpc) is 3.44. The average molecular weight is 330 g/mol. The van der Waals surface area contributed by atoms with E-state index < -0.39 is 0 Å². The number of hydrogen-bond acceptors (Lipinski definition) is 3. The molecule has 130 valence electrons. The lowest BCUT2D eigenvalue weighted by atomic mass is 9.97. The molecule has 1 N–H and O–H groups in total. The summed E-state index contributed by atoms with van der Waals surface area (Å²) in [6, 6.07) is 7.86. The van der Waals surface area contributed by atoms with Crippen molar-refractivity contribution < 1.29 is 14.3 Å². The van der Waals surface area contributed by atoms with Crippen molar-refractivity contribution in [3.05, 3.63) is 29.8 Å². The van der Waals surface area contributed by atoms with E-state index in [4.69, 9.17) is 4.74 Å². The van der Waals surface area contributed by atoms with E-state index in [9.17, 15) is 9.59 Å². The summed E-state index contributed by atoms with van der Waals surface area (Å²) in [5.74, 6) is 1.25. The molecule has 0 radical (unpaired) electrons. The number of aryl methyl sites for hydroxylation is 1. The standard InChI is InChI=1S/C19H26N2O3/c1-14-4-8-17(9-5-14)24-12-10-20-18(22)16-3-2-11-21(13-16)19(23)15-6-7-15/h4-5,8-9,15-16H,2-3,6-7,10-13H2,1H3,(H,20,22)/t16-/m1/s1. The van der Waals surface area contributed by atoms with Crippen molar-refractivity contribution in [1.29, 1.82) is 0 Å². The van der Waals surface area contributed by atoms with Crippen LogP contribution in [0.15, 0.2) is 24.3 Å². The van der Waals surface area contributed by atoms with Gasteiger partial charge in [0.05, 0.1) is 12.5 Å². The molecule has 0 aromatic heterocycles. The van der Waals surface area contributed by atoms with Crippen molar-refractivity contribution in [3.8, 4) is 5.75 Å². The first-order valence-corrected chi connectivity index (χ1v) is 8.89. The molecule has 0 spiro atoms. The molecule has 0 unspecified atom stereocenters. The van der Waals surface area contributed by atoms with Crippen LogP contribution in [0, 0.1) is 18.8 Å². The van der Waals surface area contributed by atoms with Crippen molar-refractivity contribution in [1.82, 2.24) is 10.2 Å². The molecule has 1 heterocycles. The minimum Gasteiger partial charge on any atom is -0.492 e. The van der Waals surface area contributed by atoms with E-state index in [1.54, 1.807) is 0 Å². The smallest absolute Gasteiger partial charge is 0.225 e.